The molecule has 2 aliphatic rings. The molecular weight excluding hydrogens is 570 g/mol. The molecule has 0 bridgehead atoms. The lowest BCUT2D eigenvalue weighted by atomic mass is 9.86. The minimum atomic E-state index is -1.15. The van der Waals surface area contributed by atoms with Crippen molar-refractivity contribution in [1.82, 2.24) is 19.9 Å². The molecular formula is C32H40ClN5O3S. The van der Waals surface area contributed by atoms with Crippen LogP contribution in [0.15, 0.2) is 36.7 Å². The summed E-state index contributed by atoms with van der Waals surface area (Å²) in [5.41, 5.74) is 4.02. The van der Waals surface area contributed by atoms with E-state index in [4.69, 9.17) is 26.3 Å². The summed E-state index contributed by atoms with van der Waals surface area (Å²) in [6.45, 7) is 17.8. The quantitative estimate of drug-likeness (QED) is 0.295. The Kier molecular flexibility index (Phi) is 8.77. The maximum atomic E-state index is 12.7. The second kappa shape index (κ2) is 12.0. The summed E-state index contributed by atoms with van der Waals surface area (Å²) in [5.74, 6) is -0.108. The second-order valence-corrected chi connectivity index (χ2v) is 14.0. The number of ether oxygens (including phenoxy) is 1. The minimum absolute atomic E-state index is 0.0768. The largest absolute Gasteiger partial charge is 0.479 e. The number of fused-ring (bicyclic) bond motifs is 1. The van der Waals surface area contributed by atoms with Crippen molar-refractivity contribution in [2.75, 3.05) is 31.1 Å². The van der Waals surface area contributed by atoms with Crippen LogP contribution in [0.5, 0.6) is 0 Å². The number of allylic oxidation sites excluding steroid dienone is 4. The van der Waals surface area contributed by atoms with Gasteiger partial charge in [-0.3, -0.25) is 9.88 Å². The van der Waals surface area contributed by atoms with Crippen LogP contribution in [0.3, 0.4) is 0 Å². The summed E-state index contributed by atoms with van der Waals surface area (Å²) < 4.78 is 7.06. The van der Waals surface area contributed by atoms with Crippen LogP contribution in [-0.4, -0.2) is 74.1 Å². The number of hydrogen-bond donors (Lipinski definition) is 1. The van der Waals surface area contributed by atoms with Crippen LogP contribution < -0.4 is 4.90 Å². The van der Waals surface area contributed by atoms with E-state index in [-0.39, 0.29) is 11.3 Å². The number of piperazine rings is 1. The number of halogens is 1. The topological polar surface area (TPSA) is 91.7 Å². The Morgan fingerprint density at radius 1 is 1.17 bits per heavy atom. The van der Waals surface area contributed by atoms with Crippen molar-refractivity contribution in [2.24, 2.45) is 5.92 Å². The first kappa shape index (κ1) is 30.6. The number of alkyl halides is 1. The van der Waals surface area contributed by atoms with Gasteiger partial charge in [0.1, 0.15) is 16.5 Å². The van der Waals surface area contributed by atoms with Gasteiger partial charge in [0.15, 0.2) is 6.10 Å². The van der Waals surface area contributed by atoms with Crippen molar-refractivity contribution in [3.05, 3.63) is 53.4 Å². The molecule has 3 atom stereocenters. The smallest absolute Gasteiger partial charge is 0.337 e. The first-order valence-corrected chi connectivity index (χ1v) is 15.8. The Bertz CT molecular complexity index is 1530. The third-order valence-corrected chi connectivity index (χ3v) is 9.44. The van der Waals surface area contributed by atoms with E-state index in [0.29, 0.717) is 17.3 Å². The number of nitrogens with zero attached hydrogens (tertiary/aromatic N) is 5. The van der Waals surface area contributed by atoms with Gasteiger partial charge in [0.2, 0.25) is 0 Å². The van der Waals surface area contributed by atoms with Gasteiger partial charge in [-0.15, -0.1) is 22.9 Å². The molecule has 1 saturated heterocycles. The number of aryl methyl sites for hydroxylation is 1. The molecule has 3 aromatic rings. The van der Waals surface area contributed by atoms with Crippen molar-refractivity contribution in [3.63, 3.8) is 0 Å². The van der Waals surface area contributed by atoms with Gasteiger partial charge in [0, 0.05) is 43.3 Å². The third-order valence-electron chi connectivity index (χ3n) is 7.79. The molecule has 42 heavy (non-hydrogen) atoms. The zero-order valence-electron chi connectivity index (χ0n) is 25.4. The molecule has 0 radical (unpaired) electrons. The number of benzene rings is 1. The maximum absolute atomic E-state index is 12.7. The average Bonchev–Trinajstić information content (AvgIpc) is 3.36. The molecule has 8 nitrogen and oxygen atoms in total. The number of aliphatic carboxylic acids is 1. The van der Waals surface area contributed by atoms with Gasteiger partial charge < -0.3 is 14.7 Å². The van der Waals surface area contributed by atoms with E-state index < -0.39 is 17.7 Å². The third kappa shape index (κ3) is 6.39. The lowest BCUT2D eigenvalue weighted by molar-refractivity contribution is -0.160. The maximum Gasteiger partial charge on any atom is 0.337 e. The van der Waals surface area contributed by atoms with Crippen LogP contribution in [-0.2, 0) is 9.53 Å². The first-order chi connectivity index (χ1) is 19.8. The van der Waals surface area contributed by atoms with Crippen molar-refractivity contribution in [3.8, 4) is 10.7 Å². The van der Waals surface area contributed by atoms with Crippen LogP contribution >= 0.6 is 22.9 Å². The van der Waals surface area contributed by atoms with Crippen LogP contribution in [0.25, 0.3) is 26.5 Å². The van der Waals surface area contributed by atoms with Gasteiger partial charge in [-0.25, -0.2) is 14.8 Å². The van der Waals surface area contributed by atoms with E-state index >= 15 is 0 Å². The van der Waals surface area contributed by atoms with Crippen molar-refractivity contribution in [1.29, 1.82) is 0 Å². The highest BCUT2D eigenvalue weighted by atomic mass is 35.5. The molecule has 0 spiro atoms. The van der Waals surface area contributed by atoms with E-state index in [0.717, 1.165) is 63.9 Å². The number of carbonyl (C=O) groups is 1. The number of carboxylic acid groups (broad SMARTS) is 1. The minimum Gasteiger partial charge on any atom is -0.479 e. The fourth-order valence-electron chi connectivity index (χ4n) is 5.58. The van der Waals surface area contributed by atoms with E-state index in [1.807, 2.05) is 52.1 Å². The predicted molar refractivity (Wildman–Crippen MR) is 171 cm³/mol. The Morgan fingerprint density at radius 2 is 1.88 bits per heavy atom. The molecule has 1 fully saturated rings. The van der Waals surface area contributed by atoms with Gasteiger partial charge in [-0.05, 0) is 64.7 Å². The van der Waals surface area contributed by atoms with Crippen molar-refractivity contribution in [2.45, 2.75) is 71.6 Å². The van der Waals surface area contributed by atoms with E-state index in [1.54, 1.807) is 6.20 Å². The molecule has 3 unspecified atom stereocenters. The second-order valence-electron chi connectivity index (χ2n) is 12.5. The van der Waals surface area contributed by atoms with E-state index in [9.17, 15) is 9.90 Å². The molecule has 3 heterocycles. The van der Waals surface area contributed by atoms with Crippen LogP contribution in [0.4, 0.5) is 5.82 Å². The fourth-order valence-corrected chi connectivity index (χ4v) is 6.80. The van der Waals surface area contributed by atoms with Gasteiger partial charge in [0.25, 0.3) is 0 Å². The van der Waals surface area contributed by atoms with Gasteiger partial charge >= 0.3 is 5.97 Å². The number of thiazole rings is 1. The molecule has 0 amide bonds. The summed E-state index contributed by atoms with van der Waals surface area (Å²) in [6, 6.07) is 2.48. The molecule has 2 aromatic heterocycles. The van der Waals surface area contributed by atoms with E-state index in [1.165, 1.54) is 11.3 Å². The Balaban J connectivity index is 1.62. The van der Waals surface area contributed by atoms with Crippen LogP contribution in [0, 0.1) is 12.8 Å². The molecule has 1 aliphatic carbocycles. The summed E-state index contributed by atoms with van der Waals surface area (Å²) in [4.78, 5) is 31.9. The van der Waals surface area contributed by atoms with Gasteiger partial charge in [-0.1, -0.05) is 25.2 Å². The summed E-state index contributed by atoms with van der Waals surface area (Å²) in [7, 11) is 0. The fraction of sp³-hybridized carbons (Fsp3) is 0.500. The monoisotopic (exact) mass is 609 g/mol. The lowest BCUT2D eigenvalue weighted by Crippen LogP contribution is -2.49. The van der Waals surface area contributed by atoms with Crippen molar-refractivity contribution < 1.29 is 14.6 Å². The highest BCUT2D eigenvalue weighted by molar-refractivity contribution is 7.22. The number of rotatable bonds is 7. The molecule has 0 saturated carbocycles. The van der Waals surface area contributed by atoms with Crippen LogP contribution in [0.1, 0.15) is 64.3 Å². The zero-order chi connectivity index (χ0) is 30.3. The molecule has 10 heteroatoms. The zero-order valence-corrected chi connectivity index (χ0v) is 27.0. The number of aromatic nitrogens is 3. The Morgan fingerprint density at radius 3 is 2.50 bits per heavy atom. The SMILES string of the molecule is Cc1cc2nc(-c3cncc(N4CCN(C(C)C)CC4)n3)sc2c(C2=CC(C)C(Cl)C=C2)c1C(OC(C)(C)C)C(=O)O. The predicted octanol–water partition coefficient (Wildman–Crippen LogP) is 6.73. The Labute approximate surface area is 257 Å². The first-order valence-electron chi connectivity index (χ1n) is 14.5. The number of hydrogen-bond acceptors (Lipinski definition) is 8. The van der Waals surface area contributed by atoms with Gasteiger partial charge in [-0.2, -0.15) is 0 Å². The standard InChI is InChI=1S/C32H40ClN5O3S/c1-18(2)37-10-12-38(13-11-37)25-17-34-16-24(35-25)30-36-23-15-20(4)26(28(31(39)40)41-32(5,6)7)27(29(23)42-30)21-8-9-22(33)19(3)14-21/h8-9,14-19,22,28H,10-13H2,1-7H3,(H,39,40). The summed E-state index contributed by atoms with van der Waals surface area (Å²) in [5, 5.41) is 11.0. The highest BCUT2D eigenvalue weighted by Gasteiger charge is 2.33. The summed E-state index contributed by atoms with van der Waals surface area (Å²) >= 11 is 8.02. The molecule has 1 aromatic carbocycles. The molecule has 1 N–H and O–H groups in total. The van der Waals surface area contributed by atoms with Crippen molar-refractivity contribution >= 4 is 50.5 Å². The molecule has 5 rings (SSSR count). The normalized spacial score (nSPS) is 20.8. The number of carboxylic acids is 1. The highest BCUT2D eigenvalue weighted by Crippen LogP contribution is 2.43. The lowest BCUT2D eigenvalue weighted by Gasteiger charge is -2.37. The average molecular weight is 610 g/mol. The van der Waals surface area contributed by atoms with Crippen LogP contribution in [0.2, 0.25) is 0 Å². The molecule has 224 valence electrons. The number of anilines is 1. The molecule has 1 aliphatic heterocycles. The Hall–Kier alpha value is -2.85. The van der Waals surface area contributed by atoms with Gasteiger partial charge in [0.05, 0.1) is 33.6 Å². The van der Waals surface area contributed by atoms with E-state index in [2.05, 4.69) is 41.6 Å². The summed E-state index contributed by atoms with van der Waals surface area (Å²) in [6.07, 6.45) is 8.49.